The molecule has 2 heterocycles. The number of hydrogen-bond acceptors (Lipinski definition) is 3. The molecule has 4 rings (SSSR count). The first-order chi connectivity index (χ1) is 14.4. The van der Waals surface area contributed by atoms with Gasteiger partial charge in [0.2, 0.25) is 11.8 Å². The van der Waals surface area contributed by atoms with Crippen LogP contribution in [0.25, 0.3) is 10.9 Å². The van der Waals surface area contributed by atoms with Crippen LogP contribution in [-0.4, -0.2) is 48.1 Å². The lowest BCUT2D eigenvalue weighted by Crippen LogP contribution is -2.46. The number of fused-ring (bicyclic) bond motifs is 1. The minimum atomic E-state index is -2.61. The van der Waals surface area contributed by atoms with Gasteiger partial charge >= 0.3 is 0 Å². The van der Waals surface area contributed by atoms with Crippen molar-refractivity contribution in [2.24, 2.45) is 16.8 Å². The first kappa shape index (κ1) is 20.9. The topological polar surface area (TPSA) is 45.6 Å². The Morgan fingerprint density at radius 3 is 2.73 bits per heavy atom. The van der Waals surface area contributed by atoms with E-state index in [0.29, 0.717) is 31.8 Å². The Kier molecular flexibility index (Phi) is 5.85. The number of amides is 1. The number of aliphatic imine (C=N–C) groups is 1. The maximum absolute atomic E-state index is 13.5. The highest BCUT2D eigenvalue weighted by Crippen LogP contribution is 2.39. The summed E-state index contributed by atoms with van der Waals surface area (Å²) in [5.41, 5.74) is 3.11. The van der Waals surface area contributed by atoms with Crippen LogP contribution >= 0.6 is 0 Å². The van der Waals surface area contributed by atoms with E-state index in [1.807, 2.05) is 23.2 Å². The molecule has 1 aliphatic carbocycles. The van der Waals surface area contributed by atoms with E-state index in [0.717, 1.165) is 22.9 Å². The van der Waals surface area contributed by atoms with Crippen LogP contribution < -0.4 is 0 Å². The maximum atomic E-state index is 13.5. The van der Waals surface area contributed by atoms with E-state index in [2.05, 4.69) is 29.0 Å². The van der Waals surface area contributed by atoms with Gasteiger partial charge in [0.15, 0.2) is 0 Å². The van der Waals surface area contributed by atoms with Gasteiger partial charge in [-0.05, 0) is 36.8 Å². The van der Waals surface area contributed by atoms with Crippen molar-refractivity contribution in [3.05, 3.63) is 41.6 Å². The number of halogens is 2. The summed E-state index contributed by atoms with van der Waals surface area (Å²) in [7, 11) is 1.75. The van der Waals surface area contributed by atoms with E-state index in [1.54, 1.807) is 13.2 Å². The van der Waals surface area contributed by atoms with Crippen LogP contribution in [0.3, 0.4) is 0 Å². The summed E-state index contributed by atoms with van der Waals surface area (Å²) in [4.78, 5) is 23.8. The lowest BCUT2D eigenvalue weighted by molar-refractivity contribution is -0.141. The van der Waals surface area contributed by atoms with Crippen molar-refractivity contribution < 1.29 is 13.6 Å². The molecule has 0 bridgehead atoms. The summed E-state index contributed by atoms with van der Waals surface area (Å²) in [5, 5.41) is 1.10. The molecule has 1 saturated carbocycles. The third kappa shape index (κ3) is 4.23. The highest BCUT2D eigenvalue weighted by molar-refractivity contribution is 5.99. The summed E-state index contributed by atoms with van der Waals surface area (Å²) in [6, 6.07) is 8.20. The van der Waals surface area contributed by atoms with Crippen molar-refractivity contribution >= 4 is 23.0 Å². The number of carbonyl (C=O) groups is 1. The number of rotatable bonds is 3. The van der Waals surface area contributed by atoms with Crippen LogP contribution in [0.4, 0.5) is 8.78 Å². The van der Waals surface area contributed by atoms with Crippen molar-refractivity contribution in [1.82, 2.24) is 9.88 Å². The van der Waals surface area contributed by atoms with Crippen LogP contribution in [-0.2, 0) is 4.79 Å². The number of pyridine rings is 1. The third-order valence-electron chi connectivity index (χ3n) is 6.58. The van der Waals surface area contributed by atoms with Crippen LogP contribution in [0.5, 0.6) is 0 Å². The molecule has 2 atom stereocenters. The normalized spacial score (nSPS) is 25.1. The second-order valence-corrected chi connectivity index (χ2v) is 8.94. The Balaban J connectivity index is 1.58. The van der Waals surface area contributed by atoms with E-state index in [1.165, 1.54) is 5.56 Å². The van der Waals surface area contributed by atoms with Crippen molar-refractivity contribution in [2.45, 2.75) is 50.9 Å². The number of alkyl halides is 2. The molecular formula is C24H29F2N3O. The van der Waals surface area contributed by atoms with Crippen molar-refractivity contribution in [3.63, 3.8) is 0 Å². The van der Waals surface area contributed by atoms with Crippen LogP contribution in [0.15, 0.2) is 35.5 Å². The summed E-state index contributed by atoms with van der Waals surface area (Å²) >= 11 is 0. The number of piperidine rings is 1. The van der Waals surface area contributed by atoms with Crippen molar-refractivity contribution in [3.8, 4) is 0 Å². The van der Waals surface area contributed by atoms with Crippen molar-refractivity contribution in [1.29, 1.82) is 0 Å². The molecule has 0 N–H and O–H groups in total. The number of hydrogen-bond donors (Lipinski definition) is 0. The van der Waals surface area contributed by atoms with Gasteiger partial charge in [-0.3, -0.25) is 14.8 Å². The Bertz CT molecular complexity index is 949. The second-order valence-electron chi connectivity index (χ2n) is 8.94. The standard InChI is InChI=1S/C24H29F2N3O/c1-16-12-19(15-29(14-16)23(30)17-7-9-24(25,26)10-8-17)20-6-5-18(13-27-2)22-21(20)4-3-11-28-22/h3-6,11,13,16-17,19H,7-10,12,14-15H2,1-2H3/b27-13+/t16-,19+/m1/s1. The zero-order valence-electron chi connectivity index (χ0n) is 17.7. The first-order valence-electron chi connectivity index (χ1n) is 10.8. The molecule has 6 heteroatoms. The van der Waals surface area contributed by atoms with Crippen molar-refractivity contribution in [2.75, 3.05) is 20.1 Å². The number of benzene rings is 1. The van der Waals surface area contributed by atoms with Gasteiger partial charge in [-0.15, -0.1) is 0 Å². The van der Waals surface area contributed by atoms with Gasteiger partial charge in [0.1, 0.15) is 0 Å². The van der Waals surface area contributed by atoms with E-state index >= 15 is 0 Å². The number of nitrogens with zero attached hydrogens (tertiary/aromatic N) is 3. The van der Waals surface area contributed by atoms with Crippen LogP contribution in [0.2, 0.25) is 0 Å². The summed E-state index contributed by atoms with van der Waals surface area (Å²) in [6.45, 7) is 3.51. The van der Waals surface area contributed by atoms with Gasteiger partial charge in [-0.1, -0.05) is 25.1 Å². The van der Waals surface area contributed by atoms with Gasteiger partial charge in [0.05, 0.1) is 5.52 Å². The minimum absolute atomic E-state index is 0.0548. The summed E-state index contributed by atoms with van der Waals surface area (Å²) < 4.78 is 27.0. The molecule has 1 aromatic heterocycles. The molecular weight excluding hydrogens is 384 g/mol. The van der Waals surface area contributed by atoms with E-state index in [4.69, 9.17) is 0 Å². The fourth-order valence-corrected chi connectivity index (χ4v) is 5.12. The lowest BCUT2D eigenvalue weighted by Gasteiger charge is -2.40. The quantitative estimate of drug-likeness (QED) is 0.660. The Labute approximate surface area is 176 Å². The molecule has 0 unspecified atom stereocenters. The van der Waals surface area contributed by atoms with Crippen LogP contribution in [0.1, 0.15) is 56.1 Å². The number of likely N-dealkylation sites (tertiary alicyclic amines) is 1. The van der Waals surface area contributed by atoms with Gasteiger partial charge in [-0.25, -0.2) is 8.78 Å². The monoisotopic (exact) mass is 413 g/mol. The van der Waals surface area contributed by atoms with E-state index in [-0.39, 0.29) is 30.6 Å². The van der Waals surface area contributed by atoms with Gasteiger partial charge in [0, 0.05) is 68.2 Å². The van der Waals surface area contributed by atoms with Gasteiger partial charge in [-0.2, -0.15) is 0 Å². The third-order valence-corrected chi connectivity index (χ3v) is 6.58. The molecule has 0 spiro atoms. The molecule has 1 saturated heterocycles. The molecule has 2 aromatic rings. The first-order valence-corrected chi connectivity index (χ1v) is 10.8. The molecule has 1 amide bonds. The highest BCUT2D eigenvalue weighted by Gasteiger charge is 2.40. The average molecular weight is 414 g/mol. The molecule has 0 radical (unpaired) electrons. The fourth-order valence-electron chi connectivity index (χ4n) is 5.12. The lowest BCUT2D eigenvalue weighted by atomic mass is 9.81. The van der Waals surface area contributed by atoms with Gasteiger partial charge < -0.3 is 4.90 Å². The van der Waals surface area contributed by atoms with Crippen LogP contribution in [0, 0.1) is 11.8 Å². The Morgan fingerprint density at radius 2 is 2.00 bits per heavy atom. The summed E-state index contributed by atoms with van der Waals surface area (Å²) in [5.74, 6) is -2.25. The largest absolute Gasteiger partial charge is 0.342 e. The Morgan fingerprint density at radius 1 is 1.23 bits per heavy atom. The highest BCUT2D eigenvalue weighted by atomic mass is 19.3. The fraction of sp³-hybridized carbons (Fsp3) is 0.542. The molecule has 160 valence electrons. The molecule has 2 aliphatic rings. The molecule has 2 fully saturated rings. The van der Waals surface area contributed by atoms with E-state index < -0.39 is 5.92 Å². The zero-order valence-corrected chi connectivity index (χ0v) is 17.7. The molecule has 30 heavy (non-hydrogen) atoms. The average Bonchev–Trinajstić information content (AvgIpc) is 2.73. The molecule has 1 aliphatic heterocycles. The Hall–Kier alpha value is -2.37. The maximum Gasteiger partial charge on any atom is 0.248 e. The predicted octanol–water partition coefficient (Wildman–Crippen LogP) is 5.06. The number of aromatic nitrogens is 1. The van der Waals surface area contributed by atoms with Gasteiger partial charge in [0.25, 0.3) is 0 Å². The molecule has 1 aromatic carbocycles. The second kappa shape index (κ2) is 8.40. The SMILES string of the molecule is C/N=C/c1ccc([C@H]2C[C@@H](C)CN(C(=O)C3CCC(F)(F)CC3)C2)c2cccnc12. The number of carbonyl (C=O) groups excluding carboxylic acids is 1. The predicted molar refractivity (Wildman–Crippen MR) is 115 cm³/mol. The minimum Gasteiger partial charge on any atom is -0.342 e. The smallest absolute Gasteiger partial charge is 0.248 e. The summed E-state index contributed by atoms with van der Waals surface area (Å²) in [6.07, 6.45) is 4.84. The molecule has 4 nitrogen and oxygen atoms in total. The zero-order chi connectivity index (χ0) is 21.3. The van der Waals surface area contributed by atoms with E-state index in [9.17, 15) is 13.6 Å².